The Labute approximate surface area is 154 Å². The Morgan fingerprint density at radius 2 is 1.88 bits per heavy atom. The molecule has 1 aliphatic carbocycles. The Hall–Kier alpha value is -1.93. The fourth-order valence-corrected chi connectivity index (χ4v) is 5.23. The molecule has 0 radical (unpaired) electrons. The molecule has 0 amide bonds. The van der Waals surface area contributed by atoms with Gasteiger partial charge in [-0.3, -0.25) is 4.79 Å². The normalized spacial score (nSPS) is 20.7. The van der Waals surface area contributed by atoms with E-state index in [4.69, 9.17) is 9.84 Å². The lowest BCUT2D eigenvalue weighted by atomic mass is 9.86. The second-order valence-corrected chi connectivity index (χ2v) is 8.37. The summed E-state index contributed by atoms with van der Waals surface area (Å²) in [5.74, 6) is -1.59. The number of carbonyl (C=O) groups excluding carboxylic acids is 1. The summed E-state index contributed by atoms with van der Waals surface area (Å²) < 4.78 is 32.5. The zero-order valence-corrected chi connectivity index (χ0v) is 15.9. The van der Waals surface area contributed by atoms with Crippen LogP contribution in [0.15, 0.2) is 29.2 Å². The van der Waals surface area contributed by atoms with Crippen LogP contribution in [-0.4, -0.2) is 49.5 Å². The van der Waals surface area contributed by atoms with E-state index >= 15 is 0 Å². The minimum absolute atomic E-state index is 0.0130. The van der Waals surface area contributed by atoms with Gasteiger partial charge in [-0.2, -0.15) is 4.31 Å². The first-order valence-electron chi connectivity index (χ1n) is 8.74. The summed E-state index contributed by atoms with van der Waals surface area (Å²) >= 11 is 0. The van der Waals surface area contributed by atoms with E-state index in [1.54, 1.807) is 0 Å². The molecule has 1 aliphatic rings. The summed E-state index contributed by atoms with van der Waals surface area (Å²) in [7, 11) is -2.45. The highest BCUT2D eigenvalue weighted by Crippen LogP contribution is 2.32. The molecule has 144 valence electrons. The summed E-state index contributed by atoms with van der Waals surface area (Å²) in [5, 5.41) is 9.12. The number of hydrogen-bond donors (Lipinski definition) is 1. The third-order valence-electron chi connectivity index (χ3n) is 4.77. The summed E-state index contributed by atoms with van der Waals surface area (Å²) in [5.41, 5.74) is -0.0584. The fraction of sp³-hybridized carbons (Fsp3) is 0.556. The van der Waals surface area contributed by atoms with Crippen LogP contribution < -0.4 is 0 Å². The molecule has 0 spiro atoms. The van der Waals surface area contributed by atoms with Gasteiger partial charge in [0.25, 0.3) is 0 Å². The van der Waals surface area contributed by atoms with Gasteiger partial charge in [0.15, 0.2) is 0 Å². The van der Waals surface area contributed by atoms with Crippen LogP contribution in [0.3, 0.4) is 0 Å². The van der Waals surface area contributed by atoms with Gasteiger partial charge in [-0.1, -0.05) is 13.0 Å². The summed E-state index contributed by atoms with van der Waals surface area (Å²) in [4.78, 5) is 22.8. The lowest BCUT2D eigenvalue weighted by molar-refractivity contribution is -0.146. The van der Waals surface area contributed by atoms with E-state index in [9.17, 15) is 18.0 Å². The molecule has 8 heteroatoms. The third-order valence-corrected chi connectivity index (χ3v) is 6.72. The predicted octanol–water partition coefficient (Wildman–Crippen LogP) is 2.52. The number of sulfonamides is 1. The van der Waals surface area contributed by atoms with Gasteiger partial charge >= 0.3 is 11.9 Å². The Morgan fingerprint density at radius 3 is 2.42 bits per heavy atom. The van der Waals surface area contributed by atoms with Crippen molar-refractivity contribution in [3.8, 4) is 0 Å². The standard InChI is InChI=1S/C18H25NO6S/c1-3-11-19(15-9-7-13(8-10-15)18(22)25-2)26(23,24)16-6-4-5-14(12-16)17(20)21/h4-6,12-13,15H,3,7-11H2,1-2H3,(H,20,21). The first-order valence-corrected chi connectivity index (χ1v) is 10.2. The van der Waals surface area contributed by atoms with Crippen molar-refractivity contribution in [2.45, 2.75) is 50.0 Å². The molecule has 0 aliphatic heterocycles. The first kappa shape index (κ1) is 20.4. The molecule has 1 aromatic rings. The Kier molecular flexibility index (Phi) is 6.77. The number of carboxylic acids is 1. The van der Waals surface area contributed by atoms with Crippen LogP contribution in [0.1, 0.15) is 49.4 Å². The molecule has 0 bridgehead atoms. The van der Waals surface area contributed by atoms with E-state index < -0.39 is 16.0 Å². The van der Waals surface area contributed by atoms with Gasteiger partial charge in [0.1, 0.15) is 0 Å². The lowest BCUT2D eigenvalue weighted by Gasteiger charge is -2.35. The molecule has 1 saturated carbocycles. The number of rotatable bonds is 7. The first-order chi connectivity index (χ1) is 12.3. The number of esters is 1. The number of carbonyl (C=O) groups is 2. The molecule has 0 atom stereocenters. The molecule has 1 fully saturated rings. The topological polar surface area (TPSA) is 101 Å². The van der Waals surface area contributed by atoms with Crippen molar-refractivity contribution in [1.29, 1.82) is 0 Å². The molecule has 0 unspecified atom stereocenters. The van der Waals surface area contributed by atoms with E-state index in [1.807, 2.05) is 6.92 Å². The van der Waals surface area contributed by atoms with E-state index in [0.29, 0.717) is 38.6 Å². The van der Waals surface area contributed by atoms with Crippen molar-refractivity contribution in [1.82, 2.24) is 4.31 Å². The summed E-state index contributed by atoms with van der Waals surface area (Å²) in [6.45, 7) is 2.25. The average molecular weight is 383 g/mol. The van der Waals surface area contributed by atoms with Crippen molar-refractivity contribution in [3.05, 3.63) is 29.8 Å². The second-order valence-electron chi connectivity index (χ2n) is 6.48. The third kappa shape index (κ3) is 4.42. The van der Waals surface area contributed by atoms with Crippen LogP contribution in [0, 0.1) is 5.92 Å². The number of carboxylic acid groups (broad SMARTS) is 1. The van der Waals surface area contributed by atoms with Crippen molar-refractivity contribution in [3.63, 3.8) is 0 Å². The van der Waals surface area contributed by atoms with Gasteiger partial charge in [0.2, 0.25) is 10.0 Å². The molecule has 0 saturated heterocycles. The number of aromatic carboxylic acids is 1. The van der Waals surface area contributed by atoms with Gasteiger partial charge in [0.05, 0.1) is 23.5 Å². The zero-order valence-electron chi connectivity index (χ0n) is 15.1. The molecular weight excluding hydrogens is 358 g/mol. The molecule has 0 heterocycles. The Balaban J connectivity index is 2.24. The van der Waals surface area contributed by atoms with E-state index in [2.05, 4.69) is 0 Å². The van der Waals surface area contributed by atoms with Crippen LogP contribution in [0.4, 0.5) is 0 Å². The van der Waals surface area contributed by atoms with Crippen molar-refractivity contribution in [2.24, 2.45) is 5.92 Å². The Morgan fingerprint density at radius 1 is 1.23 bits per heavy atom. The van der Waals surface area contributed by atoms with Gasteiger partial charge in [0, 0.05) is 12.6 Å². The Bertz CT molecular complexity index is 753. The van der Waals surface area contributed by atoms with E-state index in [1.165, 1.54) is 35.7 Å². The van der Waals surface area contributed by atoms with Crippen LogP contribution in [-0.2, 0) is 19.6 Å². The monoisotopic (exact) mass is 383 g/mol. The number of methoxy groups -OCH3 is 1. The number of ether oxygens (including phenoxy) is 1. The van der Waals surface area contributed by atoms with Crippen molar-refractivity contribution < 1.29 is 27.9 Å². The SMILES string of the molecule is CCCN(C1CCC(C(=O)OC)CC1)S(=O)(=O)c1cccc(C(=O)O)c1. The molecule has 26 heavy (non-hydrogen) atoms. The molecule has 7 nitrogen and oxygen atoms in total. The lowest BCUT2D eigenvalue weighted by Crippen LogP contribution is -2.43. The highest BCUT2D eigenvalue weighted by molar-refractivity contribution is 7.89. The van der Waals surface area contributed by atoms with Crippen LogP contribution in [0.2, 0.25) is 0 Å². The highest BCUT2D eigenvalue weighted by Gasteiger charge is 2.35. The minimum atomic E-state index is -3.81. The van der Waals surface area contributed by atoms with Gasteiger partial charge in [-0.25, -0.2) is 13.2 Å². The number of hydrogen-bond acceptors (Lipinski definition) is 5. The summed E-state index contributed by atoms with van der Waals surface area (Å²) in [6.07, 6.45) is 2.98. The minimum Gasteiger partial charge on any atom is -0.478 e. The second kappa shape index (κ2) is 8.64. The molecular formula is C18H25NO6S. The number of benzene rings is 1. The molecule has 2 rings (SSSR count). The average Bonchev–Trinajstić information content (AvgIpc) is 2.65. The van der Waals surface area contributed by atoms with Crippen LogP contribution in [0.5, 0.6) is 0 Å². The number of nitrogens with zero attached hydrogens (tertiary/aromatic N) is 1. The quantitative estimate of drug-likeness (QED) is 0.726. The van der Waals surface area contributed by atoms with Gasteiger partial charge < -0.3 is 9.84 Å². The predicted molar refractivity (Wildman–Crippen MR) is 95.3 cm³/mol. The smallest absolute Gasteiger partial charge is 0.335 e. The van der Waals surface area contributed by atoms with Crippen LogP contribution in [0.25, 0.3) is 0 Å². The molecule has 1 N–H and O–H groups in total. The maximum Gasteiger partial charge on any atom is 0.335 e. The van der Waals surface area contributed by atoms with Gasteiger partial charge in [-0.05, 0) is 50.3 Å². The van der Waals surface area contributed by atoms with E-state index in [-0.39, 0.29) is 28.4 Å². The van der Waals surface area contributed by atoms with Crippen molar-refractivity contribution >= 4 is 22.0 Å². The van der Waals surface area contributed by atoms with E-state index in [0.717, 1.165) is 0 Å². The fourth-order valence-electron chi connectivity index (χ4n) is 3.41. The molecule has 0 aromatic heterocycles. The van der Waals surface area contributed by atoms with Crippen molar-refractivity contribution in [2.75, 3.05) is 13.7 Å². The van der Waals surface area contributed by atoms with Crippen LogP contribution >= 0.6 is 0 Å². The van der Waals surface area contributed by atoms with Gasteiger partial charge in [-0.15, -0.1) is 0 Å². The zero-order chi connectivity index (χ0) is 19.3. The highest BCUT2D eigenvalue weighted by atomic mass is 32.2. The maximum atomic E-state index is 13.1. The molecule has 1 aromatic carbocycles. The summed E-state index contributed by atoms with van der Waals surface area (Å²) in [6, 6.07) is 5.22. The maximum absolute atomic E-state index is 13.1. The largest absolute Gasteiger partial charge is 0.478 e.